The fourth-order valence-corrected chi connectivity index (χ4v) is 2.14. The minimum Gasteiger partial charge on any atom is -0.294 e. The first kappa shape index (κ1) is 12.1. The molecule has 0 saturated heterocycles. The molecule has 2 heteroatoms. The summed E-state index contributed by atoms with van der Waals surface area (Å²) in [4.78, 5) is 11.9. The van der Waals surface area contributed by atoms with Crippen molar-refractivity contribution >= 4 is 32.5 Å². The van der Waals surface area contributed by atoms with Crippen LogP contribution in [-0.4, -0.2) is 5.78 Å². The number of allylic oxidation sites excluding steroid dienone is 1. The average molecular weight is 289 g/mol. The highest BCUT2D eigenvalue weighted by atomic mass is 79.9. The predicted molar refractivity (Wildman–Crippen MR) is 75.4 cm³/mol. The molecule has 0 aliphatic heterocycles. The minimum atomic E-state index is 0.127. The van der Waals surface area contributed by atoms with Crippen LogP contribution < -0.4 is 0 Å². The van der Waals surface area contributed by atoms with Crippen LogP contribution in [0.1, 0.15) is 23.7 Å². The van der Waals surface area contributed by atoms with Gasteiger partial charge in [-0.2, -0.15) is 0 Å². The number of carbonyl (C=O) groups excluding carboxylic acids is 1. The van der Waals surface area contributed by atoms with Crippen LogP contribution in [0.3, 0.4) is 0 Å². The van der Waals surface area contributed by atoms with Crippen molar-refractivity contribution in [3.8, 4) is 0 Å². The Morgan fingerprint density at radius 2 is 1.82 bits per heavy atom. The van der Waals surface area contributed by atoms with E-state index in [2.05, 4.69) is 22.5 Å². The SMILES string of the molecule is C=C(C)CC(=O)c1ccc2cc(Br)ccc2c1. The first-order valence-corrected chi connectivity index (χ1v) is 6.22. The summed E-state index contributed by atoms with van der Waals surface area (Å²) in [5, 5.41) is 2.21. The number of halogens is 1. The van der Waals surface area contributed by atoms with E-state index in [1.165, 1.54) is 0 Å². The number of benzene rings is 2. The molecule has 0 N–H and O–H groups in total. The summed E-state index contributed by atoms with van der Waals surface area (Å²) >= 11 is 3.43. The Morgan fingerprint density at radius 1 is 1.18 bits per heavy atom. The maximum absolute atomic E-state index is 11.9. The van der Waals surface area contributed by atoms with E-state index in [1.807, 2.05) is 43.3 Å². The molecule has 0 unspecified atom stereocenters. The second kappa shape index (κ2) is 4.84. The lowest BCUT2D eigenvalue weighted by molar-refractivity contribution is 0.0993. The van der Waals surface area contributed by atoms with Gasteiger partial charge in [-0.15, -0.1) is 0 Å². The summed E-state index contributed by atoms with van der Waals surface area (Å²) in [7, 11) is 0. The molecule has 17 heavy (non-hydrogen) atoms. The van der Waals surface area contributed by atoms with E-state index in [-0.39, 0.29) is 5.78 Å². The third-order valence-corrected chi connectivity index (χ3v) is 3.08. The molecule has 0 radical (unpaired) electrons. The zero-order valence-electron chi connectivity index (χ0n) is 9.66. The van der Waals surface area contributed by atoms with Crippen molar-refractivity contribution in [3.63, 3.8) is 0 Å². The lowest BCUT2D eigenvalue weighted by atomic mass is 10.0. The zero-order valence-corrected chi connectivity index (χ0v) is 11.3. The fraction of sp³-hybridized carbons (Fsp3) is 0.133. The van der Waals surface area contributed by atoms with Crippen molar-refractivity contribution in [1.82, 2.24) is 0 Å². The summed E-state index contributed by atoms with van der Waals surface area (Å²) in [6, 6.07) is 11.8. The average Bonchev–Trinajstić information content (AvgIpc) is 2.27. The van der Waals surface area contributed by atoms with Gasteiger partial charge >= 0.3 is 0 Å². The van der Waals surface area contributed by atoms with Crippen LogP contribution in [0.25, 0.3) is 10.8 Å². The molecule has 2 rings (SSSR count). The molecule has 2 aromatic rings. The number of carbonyl (C=O) groups is 1. The Kier molecular flexibility index (Phi) is 3.43. The van der Waals surface area contributed by atoms with Crippen molar-refractivity contribution in [2.45, 2.75) is 13.3 Å². The Labute approximate surface area is 109 Å². The maximum atomic E-state index is 11.9. The fourth-order valence-electron chi connectivity index (χ4n) is 1.77. The highest BCUT2D eigenvalue weighted by molar-refractivity contribution is 9.10. The highest BCUT2D eigenvalue weighted by Gasteiger charge is 2.06. The zero-order chi connectivity index (χ0) is 12.4. The van der Waals surface area contributed by atoms with Gasteiger partial charge in [0.1, 0.15) is 0 Å². The largest absolute Gasteiger partial charge is 0.294 e. The van der Waals surface area contributed by atoms with E-state index in [0.29, 0.717) is 6.42 Å². The van der Waals surface area contributed by atoms with Crippen LogP contribution in [0.2, 0.25) is 0 Å². The molecule has 0 bridgehead atoms. The van der Waals surface area contributed by atoms with Gasteiger partial charge in [0.2, 0.25) is 0 Å². The Balaban J connectivity index is 2.41. The standard InChI is InChI=1S/C15H13BrO/c1-10(2)7-15(17)13-4-3-12-9-14(16)6-5-11(12)8-13/h3-6,8-9H,1,7H2,2H3. The summed E-state index contributed by atoms with van der Waals surface area (Å²) in [6.45, 7) is 5.64. The topological polar surface area (TPSA) is 17.1 Å². The van der Waals surface area contributed by atoms with Crippen molar-refractivity contribution in [2.75, 3.05) is 0 Å². The van der Waals surface area contributed by atoms with Crippen LogP contribution in [0.4, 0.5) is 0 Å². The lowest BCUT2D eigenvalue weighted by Gasteiger charge is -2.03. The molecule has 0 aromatic heterocycles. The molecule has 0 aliphatic rings. The van der Waals surface area contributed by atoms with Crippen molar-refractivity contribution < 1.29 is 4.79 Å². The minimum absolute atomic E-state index is 0.127. The molecule has 0 amide bonds. The van der Waals surface area contributed by atoms with Crippen molar-refractivity contribution in [2.24, 2.45) is 0 Å². The predicted octanol–water partition coefficient (Wildman–Crippen LogP) is 4.75. The molecular weight excluding hydrogens is 276 g/mol. The second-order valence-electron chi connectivity index (χ2n) is 4.26. The molecule has 0 heterocycles. The summed E-state index contributed by atoms with van der Waals surface area (Å²) in [5.74, 6) is 0.127. The number of rotatable bonds is 3. The first-order valence-electron chi connectivity index (χ1n) is 5.43. The summed E-state index contributed by atoms with van der Waals surface area (Å²) in [5.41, 5.74) is 1.65. The molecule has 2 aromatic carbocycles. The molecule has 0 fully saturated rings. The van der Waals surface area contributed by atoms with Crippen LogP contribution in [0, 0.1) is 0 Å². The van der Waals surface area contributed by atoms with Gasteiger partial charge in [-0.1, -0.05) is 46.3 Å². The Morgan fingerprint density at radius 3 is 2.53 bits per heavy atom. The summed E-state index contributed by atoms with van der Waals surface area (Å²) in [6.07, 6.45) is 0.419. The van der Waals surface area contributed by atoms with E-state index < -0.39 is 0 Å². The monoisotopic (exact) mass is 288 g/mol. The van der Waals surface area contributed by atoms with Gasteiger partial charge in [0, 0.05) is 16.5 Å². The van der Waals surface area contributed by atoms with Gasteiger partial charge in [0.15, 0.2) is 5.78 Å². The third kappa shape index (κ3) is 2.83. The molecule has 1 nitrogen and oxygen atoms in total. The van der Waals surface area contributed by atoms with E-state index in [1.54, 1.807) is 0 Å². The van der Waals surface area contributed by atoms with Crippen molar-refractivity contribution in [3.05, 3.63) is 58.6 Å². The lowest BCUT2D eigenvalue weighted by Crippen LogP contribution is -1.98. The Bertz CT molecular complexity index is 599. The first-order chi connectivity index (χ1) is 8.06. The van der Waals surface area contributed by atoms with Gasteiger partial charge in [0.05, 0.1) is 0 Å². The summed E-state index contributed by atoms with van der Waals surface area (Å²) < 4.78 is 1.05. The maximum Gasteiger partial charge on any atom is 0.166 e. The normalized spacial score (nSPS) is 10.5. The van der Waals surface area contributed by atoms with E-state index in [9.17, 15) is 4.79 Å². The van der Waals surface area contributed by atoms with Crippen LogP contribution >= 0.6 is 15.9 Å². The quantitative estimate of drug-likeness (QED) is 0.588. The van der Waals surface area contributed by atoms with Gasteiger partial charge in [0.25, 0.3) is 0 Å². The van der Waals surface area contributed by atoms with Crippen LogP contribution in [0.5, 0.6) is 0 Å². The molecule has 0 aliphatic carbocycles. The molecule has 0 spiro atoms. The van der Waals surface area contributed by atoms with Gasteiger partial charge < -0.3 is 0 Å². The molecule has 0 saturated carbocycles. The van der Waals surface area contributed by atoms with Gasteiger partial charge in [-0.25, -0.2) is 0 Å². The van der Waals surface area contributed by atoms with E-state index in [0.717, 1.165) is 26.4 Å². The number of hydrogen-bond donors (Lipinski definition) is 0. The second-order valence-corrected chi connectivity index (χ2v) is 5.18. The van der Waals surface area contributed by atoms with Gasteiger partial charge in [-0.05, 0) is 35.9 Å². The number of Topliss-reactive ketones (excluding diaryl/α,β-unsaturated/α-hetero) is 1. The third-order valence-electron chi connectivity index (χ3n) is 2.59. The van der Waals surface area contributed by atoms with E-state index >= 15 is 0 Å². The number of ketones is 1. The number of fused-ring (bicyclic) bond motifs is 1. The molecular formula is C15H13BrO. The molecule has 86 valence electrons. The smallest absolute Gasteiger partial charge is 0.166 e. The van der Waals surface area contributed by atoms with Crippen molar-refractivity contribution in [1.29, 1.82) is 0 Å². The highest BCUT2D eigenvalue weighted by Crippen LogP contribution is 2.21. The number of hydrogen-bond acceptors (Lipinski definition) is 1. The van der Waals surface area contributed by atoms with Crippen LogP contribution in [0.15, 0.2) is 53.0 Å². The van der Waals surface area contributed by atoms with E-state index in [4.69, 9.17) is 0 Å². The van der Waals surface area contributed by atoms with Crippen LogP contribution in [-0.2, 0) is 0 Å². The van der Waals surface area contributed by atoms with Gasteiger partial charge in [-0.3, -0.25) is 4.79 Å². The Hall–Kier alpha value is -1.41. The molecule has 0 atom stereocenters.